The lowest BCUT2D eigenvalue weighted by Crippen LogP contribution is -2.56. The van der Waals surface area contributed by atoms with Crippen molar-refractivity contribution < 1.29 is 33.6 Å². The molecule has 0 saturated carbocycles. The van der Waals surface area contributed by atoms with Crippen molar-refractivity contribution in [1.82, 2.24) is 4.90 Å². The van der Waals surface area contributed by atoms with E-state index in [1.54, 1.807) is 25.0 Å². The molecule has 5 rings (SSSR count). The van der Waals surface area contributed by atoms with Gasteiger partial charge in [0.05, 0.1) is 55.3 Å². The maximum Gasteiger partial charge on any atom is 0.239 e. The number of likely N-dealkylation sites (tertiary alicyclic amines) is 1. The Labute approximate surface area is 282 Å². The minimum atomic E-state index is -0.835. The van der Waals surface area contributed by atoms with Crippen LogP contribution in [-0.2, 0) is 20.9 Å². The van der Waals surface area contributed by atoms with Gasteiger partial charge in [0.1, 0.15) is 23.9 Å². The van der Waals surface area contributed by atoms with Crippen molar-refractivity contribution in [2.24, 2.45) is 5.73 Å². The van der Waals surface area contributed by atoms with Gasteiger partial charge in [0, 0.05) is 45.7 Å². The number of methoxy groups -OCH3 is 1. The number of anilines is 1. The van der Waals surface area contributed by atoms with Crippen molar-refractivity contribution in [3.63, 3.8) is 0 Å². The van der Waals surface area contributed by atoms with Crippen LogP contribution in [0.25, 0.3) is 0 Å². The van der Waals surface area contributed by atoms with Crippen LogP contribution < -0.4 is 24.8 Å². The van der Waals surface area contributed by atoms with E-state index in [9.17, 15) is 9.90 Å². The van der Waals surface area contributed by atoms with Gasteiger partial charge >= 0.3 is 0 Å². The van der Waals surface area contributed by atoms with Gasteiger partial charge in [0.25, 0.3) is 0 Å². The normalized spacial score (nSPS) is 19.9. The number of β-amino-alcohol motifs (C(OH)–C–C–N with tert-alkyl or cyclic N) is 1. The summed E-state index contributed by atoms with van der Waals surface area (Å²) in [4.78, 5) is 16.8. The number of carbonyl (C=O) groups is 1. The minimum Gasteiger partial charge on any atom is -0.493 e. The van der Waals surface area contributed by atoms with E-state index in [0.717, 1.165) is 42.1 Å². The summed E-state index contributed by atoms with van der Waals surface area (Å²) in [5.41, 5.74) is 8.87. The Morgan fingerprint density at radius 1 is 1.04 bits per heavy atom. The molecule has 47 heavy (non-hydrogen) atoms. The number of amides is 1. The molecule has 254 valence electrons. The maximum atomic E-state index is 12.9. The van der Waals surface area contributed by atoms with Crippen LogP contribution in [0.3, 0.4) is 0 Å². The average molecular weight is 668 g/mol. The van der Waals surface area contributed by atoms with E-state index < -0.39 is 18.2 Å². The zero-order valence-electron chi connectivity index (χ0n) is 27.2. The first-order valence-electron chi connectivity index (χ1n) is 16.3. The number of nitrogens with two attached hydrogens (primary N) is 1. The molecule has 1 amide bonds. The molecule has 3 aromatic carbocycles. The van der Waals surface area contributed by atoms with Gasteiger partial charge in [0.2, 0.25) is 5.91 Å². The number of nitrogens with zero attached hydrogens (tertiary/aromatic N) is 2. The number of halogens is 1. The Morgan fingerprint density at radius 3 is 2.60 bits per heavy atom. The number of rotatable bonds is 15. The van der Waals surface area contributed by atoms with Crippen LogP contribution in [-0.4, -0.2) is 93.9 Å². The molecule has 0 radical (unpaired) electrons. The van der Waals surface area contributed by atoms with Crippen LogP contribution in [0, 0.1) is 0 Å². The number of aliphatic hydroxyl groups is 1. The van der Waals surface area contributed by atoms with Crippen LogP contribution in [0.1, 0.15) is 36.8 Å². The highest BCUT2D eigenvalue weighted by atomic mass is 35.5. The number of piperidine rings is 1. The number of hydrogen-bond acceptors (Lipinski definition) is 9. The number of hydrogen-bond donors (Lipinski definition) is 2. The maximum absolute atomic E-state index is 12.9. The highest BCUT2D eigenvalue weighted by Crippen LogP contribution is 2.35. The Hall–Kier alpha value is -3.54. The Kier molecular flexibility index (Phi) is 12.6. The fourth-order valence-corrected chi connectivity index (χ4v) is 6.27. The highest BCUT2D eigenvalue weighted by molar-refractivity contribution is 6.32. The molecule has 11 heteroatoms. The summed E-state index contributed by atoms with van der Waals surface area (Å²) in [7, 11) is 1.71. The van der Waals surface area contributed by atoms with Gasteiger partial charge in [-0.3, -0.25) is 4.79 Å². The van der Waals surface area contributed by atoms with Gasteiger partial charge in [0.15, 0.2) is 0 Å². The number of benzene rings is 3. The van der Waals surface area contributed by atoms with E-state index in [0.29, 0.717) is 62.5 Å². The topological polar surface area (TPSA) is 116 Å². The largest absolute Gasteiger partial charge is 0.493 e. The van der Waals surface area contributed by atoms with Gasteiger partial charge in [-0.05, 0) is 60.9 Å². The smallest absolute Gasteiger partial charge is 0.239 e. The third kappa shape index (κ3) is 9.30. The van der Waals surface area contributed by atoms with Crippen molar-refractivity contribution in [3.05, 3.63) is 82.9 Å². The average Bonchev–Trinajstić information content (AvgIpc) is 3.08. The first-order valence-corrected chi connectivity index (χ1v) is 16.7. The lowest BCUT2D eigenvalue weighted by Gasteiger charge is -2.42. The van der Waals surface area contributed by atoms with Crippen molar-refractivity contribution in [2.75, 3.05) is 64.6 Å². The molecule has 2 aliphatic heterocycles. The predicted molar refractivity (Wildman–Crippen MR) is 182 cm³/mol. The fraction of sp³-hybridized carbons (Fsp3) is 0.472. The molecule has 3 N–H and O–H groups in total. The highest BCUT2D eigenvalue weighted by Gasteiger charge is 2.40. The molecular weight excluding hydrogens is 622 g/mol. The molecule has 2 heterocycles. The molecule has 3 aromatic rings. The Balaban J connectivity index is 1.23. The third-order valence-electron chi connectivity index (χ3n) is 8.46. The number of ether oxygens (including phenoxy) is 5. The second kappa shape index (κ2) is 17.0. The van der Waals surface area contributed by atoms with Crippen molar-refractivity contribution in [1.29, 1.82) is 0 Å². The van der Waals surface area contributed by atoms with Crippen molar-refractivity contribution in [3.8, 4) is 17.2 Å². The van der Waals surface area contributed by atoms with Gasteiger partial charge in [-0.25, -0.2) is 0 Å². The van der Waals surface area contributed by atoms with Crippen LogP contribution in [0.4, 0.5) is 5.69 Å². The molecule has 10 nitrogen and oxygen atoms in total. The number of para-hydroxylation sites is 1. The van der Waals surface area contributed by atoms with E-state index in [-0.39, 0.29) is 18.4 Å². The first kappa shape index (κ1) is 34.8. The van der Waals surface area contributed by atoms with E-state index in [4.69, 9.17) is 41.0 Å². The van der Waals surface area contributed by atoms with Crippen LogP contribution in [0.15, 0.2) is 66.7 Å². The molecule has 2 aliphatic rings. The number of aliphatic hydroxyl groups excluding tert-OH is 1. The van der Waals surface area contributed by atoms with E-state index in [1.165, 1.54) is 0 Å². The summed E-state index contributed by atoms with van der Waals surface area (Å²) in [6.07, 6.45) is 0.315. The van der Waals surface area contributed by atoms with E-state index >= 15 is 0 Å². The van der Waals surface area contributed by atoms with Crippen LogP contribution in [0.5, 0.6) is 17.2 Å². The lowest BCUT2D eigenvalue weighted by atomic mass is 9.84. The van der Waals surface area contributed by atoms with Gasteiger partial charge in [-0.2, -0.15) is 0 Å². The monoisotopic (exact) mass is 667 g/mol. The standard InChI is InChI=1S/C36H46ClN3O7/c1-25(38)36(42)40-22-31(41)35(27-10-12-28(13-11-27)44-18-6-19-45-32-8-4-3-7-29(32)37)34(23-40)47-24-26-9-14-33-30(21-26)39(16-20-46-33)15-5-17-43-2/h3-4,7-14,21,25,31,34-35,41H,5-6,15-20,22-24,38H2,1-2H3/t25?,31-,34+,35+/m1/s1. The third-order valence-corrected chi connectivity index (χ3v) is 8.78. The summed E-state index contributed by atoms with van der Waals surface area (Å²) in [6.45, 7) is 6.45. The van der Waals surface area contributed by atoms with E-state index in [2.05, 4.69) is 11.0 Å². The van der Waals surface area contributed by atoms with Gasteiger partial charge in [-0.1, -0.05) is 41.9 Å². The van der Waals surface area contributed by atoms with Gasteiger partial charge < -0.3 is 44.3 Å². The molecular formula is C36H46ClN3O7. The molecule has 1 saturated heterocycles. The summed E-state index contributed by atoms with van der Waals surface area (Å²) < 4.78 is 29.4. The number of carbonyl (C=O) groups excluding carboxylic acids is 1. The first-order chi connectivity index (χ1) is 22.8. The predicted octanol–water partition coefficient (Wildman–Crippen LogP) is 4.64. The molecule has 0 aliphatic carbocycles. The SMILES string of the molecule is COCCCN1CCOc2ccc(CO[C@H]3CN(C(=O)C(C)N)C[C@@H](O)[C@@H]3c3ccc(OCCCOc4ccccc4Cl)cc3)cc21. The zero-order chi connectivity index (χ0) is 33.2. The summed E-state index contributed by atoms with van der Waals surface area (Å²) in [6, 6.07) is 20.5. The molecule has 4 atom stereocenters. The zero-order valence-corrected chi connectivity index (χ0v) is 27.9. The molecule has 1 fully saturated rings. The summed E-state index contributed by atoms with van der Waals surface area (Å²) in [5, 5.41) is 11.9. The Morgan fingerprint density at radius 2 is 1.83 bits per heavy atom. The lowest BCUT2D eigenvalue weighted by molar-refractivity contribution is -0.143. The van der Waals surface area contributed by atoms with Crippen LogP contribution in [0.2, 0.25) is 5.02 Å². The molecule has 1 unspecified atom stereocenters. The van der Waals surface area contributed by atoms with Crippen LogP contribution >= 0.6 is 11.6 Å². The number of fused-ring (bicyclic) bond motifs is 1. The van der Waals surface area contributed by atoms with E-state index in [1.807, 2.05) is 54.6 Å². The summed E-state index contributed by atoms with van der Waals surface area (Å²) >= 11 is 6.15. The summed E-state index contributed by atoms with van der Waals surface area (Å²) in [5.74, 6) is 1.66. The second-order valence-corrected chi connectivity index (χ2v) is 12.4. The van der Waals surface area contributed by atoms with Crippen molar-refractivity contribution in [2.45, 2.75) is 50.5 Å². The van der Waals surface area contributed by atoms with Gasteiger partial charge in [-0.15, -0.1) is 0 Å². The molecule has 0 spiro atoms. The second-order valence-electron chi connectivity index (χ2n) is 12.0. The fourth-order valence-electron chi connectivity index (χ4n) is 6.08. The molecule has 0 aromatic heterocycles. The van der Waals surface area contributed by atoms with Crippen molar-refractivity contribution >= 4 is 23.2 Å². The molecule has 0 bridgehead atoms. The Bertz CT molecular complexity index is 1440. The minimum absolute atomic E-state index is 0.182. The quantitative estimate of drug-likeness (QED) is 0.224.